The average Bonchev–Trinajstić information content (AvgIpc) is 2.27. The van der Waals surface area contributed by atoms with Gasteiger partial charge >= 0.3 is 6.18 Å². The molecule has 0 heterocycles. The molecule has 4 heteroatoms. The van der Waals surface area contributed by atoms with Gasteiger partial charge in [-0.1, -0.05) is 26.5 Å². The fourth-order valence-electron chi connectivity index (χ4n) is 1.60. The number of hydrogen-bond acceptors (Lipinski definition) is 1. The Balaban J connectivity index is 4.92. The van der Waals surface area contributed by atoms with Crippen LogP contribution in [0.3, 0.4) is 0 Å². The van der Waals surface area contributed by atoms with Crippen LogP contribution in [0, 0.1) is 0 Å². The lowest BCUT2D eigenvalue weighted by molar-refractivity contribution is -0.0881. The smallest absolute Gasteiger partial charge is 0.375 e. The summed E-state index contributed by atoms with van der Waals surface area (Å²) in [7, 11) is 0. The Bertz CT molecular complexity index is 307. The van der Waals surface area contributed by atoms with Crippen LogP contribution in [0.5, 0.6) is 0 Å². The van der Waals surface area contributed by atoms with Gasteiger partial charge in [0.05, 0.1) is 5.57 Å². The van der Waals surface area contributed by atoms with Gasteiger partial charge in [0.2, 0.25) is 0 Å². The van der Waals surface area contributed by atoms with Crippen LogP contribution in [0.2, 0.25) is 0 Å². The summed E-state index contributed by atoms with van der Waals surface area (Å²) in [4.78, 5) is 2.09. The van der Waals surface area contributed by atoms with E-state index in [2.05, 4.69) is 25.3 Å². The van der Waals surface area contributed by atoms with E-state index in [4.69, 9.17) is 0 Å². The molecule has 18 heavy (non-hydrogen) atoms. The molecule has 0 aromatic carbocycles. The third kappa shape index (κ3) is 5.94. The van der Waals surface area contributed by atoms with Crippen LogP contribution in [0.1, 0.15) is 33.6 Å². The first-order valence-electron chi connectivity index (χ1n) is 6.19. The van der Waals surface area contributed by atoms with Gasteiger partial charge in [-0.15, -0.1) is 0 Å². The average molecular weight is 261 g/mol. The molecule has 0 aromatic heterocycles. The summed E-state index contributed by atoms with van der Waals surface area (Å²) < 4.78 is 37.5. The van der Waals surface area contributed by atoms with Crippen molar-refractivity contribution in [2.75, 3.05) is 13.1 Å². The molecule has 0 rings (SSSR count). The lowest BCUT2D eigenvalue weighted by Crippen LogP contribution is -2.23. The highest BCUT2D eigenvalue weighted by Crippen LogP contribution is 2.26. The number of allylic oxidation sites excluding steroid dienone is 5. The van der Waals surface area contributed by atoms with Crippen molar-refractivity contribution < 1.29 is 13.2 Å². The van der Waals surface area contributed by atoms with Crippen LogP contribution < -0.4 is 0 Å². The summed E-state index contributed by atoms with van der Waals surface area (Å²) in [5.41, 5.74) is 0.136. The zero-order valence-corrected chi connectivity index (χ0v) is 11.3. The Morgan fingerprint density at radius 2 is 1.61 bits per heavy atom. The quantitative estimate of drug-likeness (QED) is 0.601. The summed E-state index contributed by atoms with van der Waals surface area (Å²) >= 11 is 0. The van der Waals surface area contributed by atoms with Crippen molar-refractivity contribution >= 4 is 0 Å². The van der Waals surface area contributed by atoms with Gasteiger partial charge in [-0.05, 0) is 31.9 Å². The van der Waals surface area contributed by atoms with E-state index < -0.39 is 11.7 Å². The van der Waals surface area contributed by atoms with E-state index >= 15 is 0 Å². The van der Waals surface area contributed by atoms with E-state index in [1.807, 2.05) is 6.92 Å². The van der Waals surface area contributed by atoms with Crippen LogP contribution in [0.25, 0.3) is 0 Å². The molecule has 0 aliphatic rings. The maximum absolute atomic E-state index is 12.5. The molecule has 0 saturated heterocycles. The Kier molecular flexibility index (Phi) is 7.48. The lowest BCUT2D eigenvalue weighted by Gasteiger charge is -2.24. The van der Waals surface area contributed by atoms with Gasteiger partial charge in [0, 0.05) is 18.8 Å². The largest absolute Gasteiger partial charge is 0.416 e. The predicted molar refractivity (Wildman–Crippen MR) is 70.2 cm³/mol. The van der Waals surface area contributed by atoms with Gasteiger partial charge in [0.1, 0.15) is 0 Å². The number of hydrogen-bond donors (Lipinski definition) is 0. The van der Waals surface area contributed by atoms with Gasteiger partial charge in [-0.25, -0.2) is 0 Å². The Morgan fingerprint density at radius 3 is 1.94 bits per heavy atom. The minimum atomic E-state index is -4.33. The molecule has 0 atom stereocenters. The Morgan fingerprint density at radius 1 is 1.11 bits per heavy atom. The van der Waals surface area contributed by atoms with Crippen LogP contribution in [0.15, 0.2) is 36.1 Å². The molecule has 1 nitrogen and oxygen atoms in total. The van der Waals surface area contributed by atoms with Crippen molar-refractivity contribution in [1.29, 1.82) is 0 Å². The molecule has 0 amide bonds. The first-order chi connectivity index (χ1) is 8.36. The summed E-state index contributed by atoms with van der Waals surface area (Å²) in [5, 5.41) is 0. The normalized spacial score (nSPS) is 13.7. The Hall–Kier alpha value is -1.19. The molecule has 0 fully saturated rings. The maximum Gasteiger partial charge on any atom is 0.416 e. The van der Waals surface area contributed by atoms with Crippen molar-refractivity contribution in [2.24, 2.45) is 0 Å². The van der Waals surface area contributed by atoms with Crippen LogP contribution in [-0.4, -0.2) is 24.2 Å². The second-order valence-corrected chi connectivity index (χ2v) is 4.12. The maximum atomic E-state index is 12.5. The third-order valence-electron chi connectivity index (χ3n) is 2.54. The second kappa shape index (κ2) is 8.01. The SMILES string of the molecule is C=C/C(=C\C=C(/C)N(CCC)CCC)C(F)(F)F. The minimum Gasteiger partial charge on any atom is -0.375 e. The fourth-order valence-corrected chi connectivity index (χ4v) is 1.60. The van der Waals surface area contributed by atoms with Crippen LogP contribution in [0.4, 0.5) is 13.2 Å². The molecule has 104 valence electrons. The zero-order valence-electron chi connectivity index (χ0n) is 11.3. The van der Waals surface area contributed by atoms with E-state index in [0.717, 1.165) is 43.8 Å². The van der Waals surface area contributed by atoms with Gasteiger partial charge in [0.25, 0.3) is 0 Å². The van der Waals surface area contributed by atoms with Crippen molar-refractivity contribution in [2.45, 2.75) is 39.8 Å². The van der Waals surface area contributed by atoms with Gasteiger partial charge in [-0.3, -0.25) is 0 Å². The first kappa shape index (κ1) is 16.8. The molecule has 0 aliphatic carbocycles. The molecule has 0 saturated carbocycles. The molecule has 0 unspecified atom stereocenters. The van der Waals surface area contributed by atoms with E-state index in [9.17, 15) is 13.2 Å². The molecular weight excluding hydrogens is 239 g/mol. The standard InChI is InChI=1S/C14H22F3N/c1-5-10-18(11-6-2)12(4)8-9-13(7-3)14(15,16)17/h7-9H,3,5-6,10-11H2,1-2,4H3/b12-8+,13-9+. The van der Waals surface area contributed by atoms with E-state index in [1.54, 1.807) is 0 Å². The first-order valence-corrected chi connectivity index (χ1v) is 6.19. The second-order valence-electron chi connectivity index (χ2n) is 4.12. The zero-order chi connectivity index (χ0) is 14.2. The molecular formula is C14H22F3N. The molecule has 0 aliphatic heterocycles. The van der Waals surface area contributed by atoms with Crippen molar-refractivity contribution in [3.63, 3.8) is 0 Å². The number of alkyl halides is 3. The monoisotopic (exact) mass is 261 g/mol. The van der Waals surface area contributed by atoms with Gasteiger partial charge in [0.15, 0.2) is 0 Å². The third-order valence-corrected chi connectivity index (χ3v) is 2.54. The van der Waals surface area contributed by atoms with Crippen LogP contribution in [-0.2, 0) is 0 Å². The molecule has 0 aromatic rings. The van der Waals surface area contributed by atoms with Crippen molar-refractivity contribution in [3.05, 3.63) is 36.1 Å². The molecule has 0 spiro atoms. The lowest BCUT2D eigenvalue weighted by atomic mass is 10.2. The van der Waals surface area contributed by atoms with E-state index in [1.165, 1.54) is 6.08 Å². The Labute approximate surface area is 108 Å². The van der Waals surface area contributed by atoms with Gasteiger partial charge in [-0.2, -0.15) is 13.2 Å². The highest BCUT2D eigenvalue weighted by molar-refractivity contribution is 5.27. The molecule has 0 radical (unpaired) electrons. The molecule has 0 bridgehead atoms. The van der Waals surface area contributed by atoms with Crippen LogP contribution >= 0.6 is 0 Å². The summed E-state index contributed by atoms with van der Waals surface area (Å²) in [6, 6.07) is 0. The van der Waals surface area contributed by atoms with Gasteiger partial charge < -0.3 is 4.90 Å². The fraction of sp³-hybridized carbons (Fsp3) is 0.571. The molecule has 0 N–H and O–H groups in total. The van der Waals surface area contributed by atoms with E-state index in [0.29, 0.717) is 0 Å². The topological polar surface area (TPSA) is 3.24 Å². The highest BCUT2D eigenvalue weighted by atomic mass is 19.4. The number of halogens is 3. The summed E-state index contributed by atoms with van der Waals surface area (Å²) in [5.74, 6) is 0. The number of rotatable bonds is 7. The number of nitrogens with zero attached hydrogens (tertiary/aromatic N) is 1. The summed E-state index contributed by atoms with van der Waals surface area (Å²) in [6.07, 6.45) is 1.05. The van der Waals surface area contributed by atoms with Crippen molar-refractivity contribution in [3.8, 4) is 0 Å². The predicted octanol–water partition coefficient (Wildman–Crippen LogP) is 4.69. The van der Waals surface area contributed by atoms with E-state index in [-0.39, 0.29) is 0 Å². The highest BCUT2D eigenvalue weighted by Gasteiger charge is 2.30. The minimum absolute atomic E-state index is 0.713. The van der Waals surface area contributed by atoms with Crippen molar-refractivity contribution in [1.82, 2.24) is 4.90 Å². The summed E-state index contributed by atoms with van der Waals surface area (Å²) in [6.45, 7) is 10.8.